The number of para-hydroxylation sites is 1. The lowest BCUT2D eigenvalue weighted by molar-refractivity contribution is 0.0929. The molecule has 31 heavy (non-hydrogen) atoms. The molecular weight excluding hydrogens is 390 g/mol. The zero-order valence-electron chi connectivity index (χ0n) is 16.8. The van der Waals surface area contributed by atoms with Gasteiger partial charge in [0.1, 0.15) is 24.5 Å². The summed E-state index contributed by atoms with van der Waals surface area (Å²) in [5.74, 6) is 1.58. The summed E-state index contributed by atoms with van der Waals surface area (Å²) >= 11 is 0. The van der Waals surface area contributed by atoms with Crippen molar-refractivity contribution in [2.75, 3.05) is 5.32 Å². The molecule has 0 atom stereocenters. The van der Waals surface area contributed by atoms with E-state index in [0.29, 0.717) is 19.8 Å². The first-order chi connectivity index (χ1) is 15.4. The number of nitrogens with one attached hydrogen (secondary N) is 1. The number of hydrogen-bond acceptors (Lipinski definition) is 6. The van der Waals surface area contributed by atoms with E-state index >= 15 is 0 Å². The van der Waals surface area contributed by atoms with Gasteiger partial charge in [-0.05, 0) is 35.4 Å². The van der Waals surface area contributed by atoms with Gasteiger partial charge in [0.05, 0.1) is 30.1 Å². The highest BCUT2D eigenvalue weighted by molar-refractivity contribution is 5.87. The van der Waals surface area contributed by atoms with E-state index in [1.54, 1.807) is 18.8 Å². The van der Waals surface area contributed by atoms with Gasteiger partial charge in [-0.1, -0.05) is 42.5 Å². The number of fused-ring (bicyclic) bond motifs is 1. The van der Waals surface area contributed by atoms with Gasteiger partial charge < -0.3 is 14.5 Å². The van der Waals surface area contributed by atoms with Crippen LogP contribution < -0.4 is 5.32 Å². The van der Waals surface area contributed by atoms with Crippen molar-refractivity contribution < 1.29 is 9.15 Å². The minimum absolute atomic E-state index is 0.458. The molecule has 0 unspecified atom stereocenters. The Morgan fingerprint density at radius 1 is 0.903 bits per heavy atom. The molecule has 5 aromatic rings. The molecule has 0 saturated heterocycles. The monoisotopic (exact) mass is 411 g/mol. The van der Waals surface area contributed by atoms with Crippen molar-refractivity contribution in [2.45, 2.75) is 19.8 Å². The largest absolute Gasteiger partial charge is 0.467 e. The Hall–Kier alpha value is -3.97. The highest BCUT2D eigenvalue weighted by Gasteiger charge is 2.11. The van der Waals surface area contributed by atoms with Crippen LogP contribution in [0.25, 0.3) is 16.7 Å². The lowest BCUT2D eigenvalue weighted by Crippen LogP contribution is -2.04. The number of furan rings is 1. The van der Waals surface area contributed by atoms with Gasteiger partial charge in [-0.3, -0.25) is 0 Å². The number of aromatic nitrogens is 4. The van der Waals surface area contributed by atoms with E-state index in [1.807, 2.05) is 53.2 Å². The zero-order chi connectivity index (χ0) is 20.9. The summed E-state index contributed by atoms with van der Waals surface area (Å²) in [5, 5.41) is 8.79. The lowest BCUT2D eigenvalue weighted by Gasteiger charge is -2.09. The number of nitrogens with zero attached hydrogens (tertiary/aromatic N) is 4. The SMILES string of the molecule is c1ccc(-n2ncc3c(NCc4cccc(COCc5ccco5)c4)ncnc32)cc1. The highest BCUT2D eigenvalue weighted by Crippen LogP contribution is 2.22. The van der Waals surface area contributed by atoms with Crippen LogP contribution in [-0.4, -0.2) is 19.7 Å². The zero-order valence-corrected chi connectivity index (χ0v) is 16.8. The third-order valence-electron chi connectivity index (χ3n) is 4.91. The van der Waals surface area contributed by atoms with Crippen LogP contribution in [0.5, 0.6) is 0 Å². The van der Waals surface area contributed by atoms with Gasteiger partial charge in [0, 0.05) is 6.54 Å². The predicted molar refractivity (Wildman–Crippen MR) is 118 cm³/mol. The van der Waals surface area contributed by atoms with E-state index in [0.717, 1.165) is 39.4 Å². The molecule has 3 heterocycles. The van der Waals surface area contributed by atoms with Crippen LogP contribution in [0.15, 0.2) is 89.9 Å². The second-order valence-electron chi connectivity index (χ2n) is 7.10. The third-order valence-corrected chi connectivity index (χ3v) is 4.91. The normalized spacial score (nSPS) is 11.1. The summed E-state index contributed by atoms with van der Waals surface area (Å²) < 4.78 is 12.9. The first-order valence-electron chi connectivity index (χ1n) is 10.0. The molecule has 0 radical (unpaired) electrons. The Morgan fingerprint density at radius 2 is 1.81 bits per heavy atom. The summed E-state index contributed by atoms with van der Waals surface area (Å²) in [5.41, 5.74) is 3.98. The van der Waals surface area contributed by atoms with E-state index < -0.39 is 0 Å². The predicted octanol–water partition coefficient (Wildman–Crippen LogP) is 4.74. The van der Waals surface area contributed by atoms with Crippen molar-refractivity contribution in [1.29, 1.82) is 0 Å². The number of anilines is 1. The molecule has 0 fully saturated rings. The third kappa shape index (κ3) is 4.31. The summed E-state index contributed by atoms with van der Waals surface area (Å²) in [4.78, 5) is 8.85. The maximum atomic E-state index is 5.74. The van der Waals surface area contributed by atoms with Crippen LogP contribution in [0.2, 0.25) is 0 Å². The van der Waals surface area contributed by atoms with Crippen LogP contribution in [-0.2, 0) is 24.5 Å². The number of ether oxygens (including phenoxy) is 1. The summed E-state index contributed by atoms with van der Waals surface area (Å²) in [6.07, 6.45) is 5.01. The molecule has 3 aromatic heterocycles. The fourth-order valence-electron chi connectivity index (χ4n) is 3.42. The maximum absolute atomic E-state index is 5.74. The smallest absolute Gasteiger partial charge is 0.168 e. The van der Waals surface area contributed by atoms with Crippen LogP contribution in [0.4, 0.5) is 5.82 Å². The summed E-state index contributed by atoms with van der Waals surface area (Å²) in [6.45, 7) is 1.62. The van der Waals surface area contributed by atoms with Gasteiger partial charge in [0.15, 0.2) is 5.65 Å². The average Bonchev–Trinajstić information content (AvgIpc) is 3.49. The minimum atomic E-state index is 0.458. The molecule has 0 amide bonds. The van der Waals surface area contributed by atoms with E-state index in [1.165, 1.54) is 0 Å². The Bertz CT molecular complexity index is 1270. The van der Waals surface area contributed by atoms with Crippen molar-refractivity contribution in [3.63, 3.8) is 0 Å². The molecule has 7 nitrogen and oxygen atoms in total. The molecule has 2 aromatic carbocycles. The molecular formula is C24H21N5O2. The molecule has 0 aliphatic heterocycles. The number of benzene rings is 2. The molecule has 0 bridgehead atoms. The minimum Gasteiger partial charge on any atom is -0.467 e. The Morgan fingerprint density at radius 3 is 2.68 bits per heavy atom. The van der Waals surface area contributed by atoms with Gasteiger partial charge in [-0.25, -0.2) is 14.6 Å². The molecule has 1 N–H and O–H groups in total. The fourth-order valence-corrected chi connectivity index (χ4v) is 3.42. The summed E-state index contributed by atoms with van der Waals surface area (Å²) in [7, 11) is 0. The summed E-state index contributed by atoms with van der Waals surface area (Å²) in [6, 6.07) is 22.0. The van der Waals surface area contributed by atoms with Crippen molar-refractivity contribution in [2.24, 2.45) is 0 Å². The molecule has 0 saturated carbocycles. The van der Waals surface area contributed by atoms with Gasteiger partial charge in [-0.2, -0.15) is 5.10 Å². The highest BCUT2D eigenvalue weighted by atomic mass is 16.5. The van der Waals surface area contributed by atoms with E-state index in [-0.39, 0.29) is 0 Å². The second-order valence-corrected chi connectivity index (χ2v) is 7.10. The van der Waals surface area contributed by atoms with Crippen LogP contribution >= 0.6 is 0 Å². The maximum Gasteiger partial charge on any atom is 0.168 e. The van der Waals surface area contributed by atoms with Gasteiger partial charge >= 0.3 is 0 Å². The van der Waals surface area contributed by atoms with E-state index in [2.05, 4.69) is 38.6 Å². The standard InChI is InChI=1S/C24H21N5O2/c1-2-8-20(9-3-1)29-24-22(14-28-29)23(26-17-27-24)25-13-18-6-4-7-19(12-18)15-30-16-21-10-5-11-31-21/h1-12,14,17H,13,15-16H2,(H,25,26,27). The Kier molecular flexibility index (Phi) is 5.40. The van der Waals surface area contributed by atoms with E-state index in [9.17, 15) is 0 Å². The molecule has 5 rings (SSSR count). The number of rotatable bonds is 8. The first-order valence-corrected chi connectivity index (χ1v) is 10.0. The molecule has 0 aliphatic carbocycles. The van der Waals surface area contributed by atoms with Crippen molar-refractivity contribution >= 4 is 16.9 Å². The Balaban J connectivity index is 1.27. The van der Waals surface area contributed by atoms with Crippen molar-refractivity contribution in [3.8, 4) is 5.69 Å². The van der Waals surface area contributed by atoms with Gasteiger partial charge in [-0.15, -0.1) is 0 Å². The molecule has 0 aliphatic rings. The van der Waals surface area contributed by atoms with Crippen LogP contribution in [0, 0.1) is 0 Å². The van der Waals surface area contributed by atoms with Crippen molar-refractivity contribution in [3.05, 3.63) is 102 Å². The molecule has 7 heteroatoms. The fraction of sp³-hybridized carbons (Fsp3) is 0.125. The lowest BCUT2D eigenvalue weighted by atomic mass is 10.1. The first kappa shape index (κ1) is 19.0. The quantitative estimate of drug-likeness (QED) is 0.397. The Labute approximate surface area is 179 Å². The molecule has 0 spiro atoms. The second kappa shape index (κ2) is 8.81. The number of hydrogen-bond donors (Lipinski definition) is 1. The van der Waals surface area contributed by atoms with Crippen LogP contribution in [0.1, 0.15) is 16.9 Å². The van der Waals surface area contributed by atoms with E-state index in [4.69, 9.17) is 9.15 Å². The topological polar surface area (TPSA) is 78.0 Å². The van der Waals surface area contributed by atoms with Gasteiger partial charge in [0.25, 0.3) is 0 Å². The van der Waals surface area contributed by atoms with Gasteiger partial charge in [0.2, 0.25) is 0 Å². The van der Waals surface area contributed by atoms with Crippen LogP contribution in [0.3, 0.4) is 0 Å². The molecule has 154 valence electrons. The van der Waals surface area contributed by atoms with Crippen molar-refractivity contribution in [1.82, 2.24) is 19.7 Å². The average molecular weight is 411 g/mol.